The summed E-state index contributed by atoms with van der Waals surface area (Å²) in [5.41, 5.74) is 0.357. The van der Waals surface area contributed by atoms with Crippen molar-refractivity contribution in [3.8, 4) is 22.4 Å². The van der Waals surface area contributed by atoms with Crippen molar-refractivity contribution in [2.45, 2.75) is 52.6 Å². The van der Waals surface area contributed by atoms with Gasteiger partial charge in [0, 0.05) is 52.0 Å². The first kappa shape index (κ1) is 11.3. The highest BCUT2D eigenvalue weighted by Crippen LogP contribution is 2.52. The number of aromatic nitrogens is 2. The molecule has 0 saturated heterocycles. The Hall–Kier alpha value is -3.46. The molecule has 1 aliphatic rings. The van der Waals surface area contributed by atoms with Crippen LogP contribution in [0.15, 0.2) is 59.3 Å². The number of hydrogen-bond donors (Lipinski definition) is 0. The van der Waals surface area contributed by atoms with Crippen LogP contribution in [0.4, 0.5) is 0 Å². The van der Waals surface area contributed by atoms with E-state index >= 15 is 0 Å². The summed E-state index contributed by atoms with van der Waals surface area (Å²) >= 11 is 0. The molecule has 3 nitrogen and oxygen atoms in total. The molecule has 5 aromatic rings. The van der Waals surface area contributed by atoms with Crippen LogP contribution in [0.3, 0.4) is 0 Å². The molecule has 3 aromatic heterocycles. The third kappa shape index (κ3) is 2.70. The molecular formula is C31H31N2O+. The summed E-state index contributed by atoms with van der Waals surface area (Å²) in [6.45, 7) is -8.59. The number of rotatable bonds is 2. The summed E-state index contributed by atoms with van der Waals surface area (Å²) in [5.74, 6) is -2.23. The van der Waals surface area contributed by atoms with Gasteiger partial charge in [0.15, 0.2) is 17.4 Å². The molecule has 1 unspecified atom stereocenters. The molecule has 170 valence electrons. The third-order valence-electron chi connectivity index (χ3n) is 6.80. The highest BCUT2D eigenvalue weighted by Gasteiger charge is 2.38. The van der Waals surface area contributed by atoms with Gasteiger partial charge in [0.2, 0.25) is 5.69 Å². The van der Waals surface area contributed by atoms with Crippen molar-refractivity contribution in [1.82, 2.24) is 4.98 Å². The third-order valence-corrected chi connectivity index (χ3v) is 6.80. The number of aryl methyl sites for hydroxylation is 3. The second-order valence-electron chi connectivity index (χ2n) is 8.98. The molecule has 3 heterocycles. The van der Waals surface area contributed by atoms with Gasteiger partial charge in [-0.15, -0.1) is 0 Å². The first-order chi connectivity index (χ1) is 21.5. The molecule has 0 saturated carbocycles. The van der Waals surface area contributed by atoms with Gasteiger partial charge in [-0.3, -0.25) is 4.98 Å². The van der Waals surface area contributed by atoms with Crippen molar-refractivity contribution >= 4 is 22.1 Å². The topological polar surface area (TPSA) is 29.9 Å². The molecule has 0 bridgehead atoms. The van der Waals surface area contributed by atoms with E-state index in [1.807, 2.05) is 0 Å². The van der Waals surface area contributed by atoms with Crippen LogP contribution in [-0.4, -0.2) is 4.98 Å². The number of furan rings is 1. The van der Waals surface area contributed by atoms with Gasteiger partial charge >= 0.3 is 0 Å². The predicted octanol–water partition coefficient (Wildman–Crippen LogP) is 7.52. The van der Waals surface area contributed by atoms with E-state index < -0.39 is 38.7 Å². The number of benzene rings is 2. The van der Waals surface area contributed by atoms with Crippen molar-refractivity contribution in [3.05, 3.63) is 82.7 Å². The SMILES string of the molecule is [2H]C([2H])([2H])c1cc(-c2c(C)ccc3c2oc2c4c(cnc23)C(C([2H])([2H])[2H])(C([2H])([2H])[2H])c2ccccc2-4)[n+](C)cc1C([2H])(C)C([2H])([2H])[2H]. The van der Waals surface area contributed by atoms with E-state index in [0.29, 0.717) is 44.4 Å². The summed E-state index contributed by atoms with van der Waals surface area (Å²) in [7, 11) is 1.62. The first-order valence-corrected chi connectivity index (χ1v) is 11.0. The Morgan fingerprint density at radius 3 is 2.71 bits per heavy atom. The molecule has 34 heavy (non-hydrogen) atoms. The minimum Gasteiger partial charge on any atom is -0.453 e. The molecule has 0 N–H and O–H groups in total. The molecular weight excluding hydrogens is 416 g/mol. The Morgan fingerprint density at radius 1 is 1.06 bits per heavy atom. The maximum Gasteiger partial charge on any atom is 0.216 e. The van der Waals surface area contributed by atoms with Crippen LogP contribution in [0, 0.1) is 13.8 Å². The van der Waals surface area contributed by atoms with Crippen LogP contribution in [0.25, 0.3) is 44.5 Å². The summed E-state index contributed by atoms with van der Waals surface area (Å²) in [5, 5.41) is 0.522. The van der Waals surface area contributed by atoms with E-state index in [1.54, 1.807) is 48.9 Å². The highest BCUT2D eigenvalue weighted by atomic mass is 16.3. The van der Waals surface area contributed by atoms with Crippen molar-refractivity contribution in [3.63, 3.8) is 0 Å². The lowest BCUT2D eigenvalue weighted by Crippen LogP contribution is -2.32. The van der Waals surface area contributed by atoms with Crippen molar-refractivity contribution < 1.29 is 26.8 Å². The Balaban J connectivity index is 1.72. The van der Waals surface area contributed by atoms with Crippen LogP contribution < -0.4 is 4.57 Å². The van der Waals surface area contributed by atoms with E-state index in [9.17, 15) is 0 Å². The molecule has 6 rings (SSSR count). The number of nitrogens with zero attached hydrogens (tertiary/aromatic N) is 2. The minimum absolute atomic E-state index is 0.00233. The van der Waals surface area contributed by atoms with Crippen LogP contribution in [0.1, 0.15) is 79.0 Å². The lowest BCUT2D eigenvalue weighted by molar-refractivity contribution is -0.660. The largest absolute Gasteiger partial charge is 0.453 e. The van der Waals surface area contributed by atoms with Gasteiger partial charge in [-0.1, -0.05) is 57.8 Å². The smallest absolute Gasteiger partial charge is 0.216 e. The Bertz CT molecular complexity index is 2080. The number of pyridine rings is 2. The monoisotopic (exact) mass is 460 g/mol. The predicted molar refractivity (Wildman–Crippen MR) is 139 cm³/mol. The average Bonchev–Trinajstić information content (AvgIpc) is 3.45. The van der Waals surface area contributed by atoms with Crippen LogP contribution in [0.5, 0.6) is 0 Å². The normalized spacial score (nSPS) is 23.1. The summed E-state index contributed by atoms with van der Waals surface area (Å²) in [6, 6.07) is 11.4. The standard InChI is InChI=1S/C31H31N2O/c1-17(2)22-16-33(7)25(14-19(22)4)26-18(3)12-13-21-28-30(34-29(21)26)27-20-10-8-9-11-23(20)31(5,6)24(27)15-32-28/h8-17H,1-7H3/q+1/i1D3,4D3,5D3,6D3,17D. The van der Waals surface area contributed by atoms with Gasteiger partial charge in [-0.05, 0) is 53.6 Å². The molecule has 3 heteroatoms. The molecule has 1 atom stereocenters. The fourth-order valence-electron chi connectivity index (χ4n) is 5.10. The molecule has 0 spiro atoms. The molecule has 0 radical (unpaired) electrons. The van der Waals surface area contributed by atoms with Crippen molar-refractivity contribution in [2.24, 2.45) is 7.05 Å². The molecule has 1 aliphatic carbocycles. The fourth-order valence-corrected chi connectivity index (χ4v) is 5.10. The average molecular weight is 461 g/mol. The lowest BCUT2D eigenvalue weighted by Gasteiger charge is -2.20. The van der Waals surface area contributed by atoms with Gasteiger partial charge in [0.25, 0.3) is 0 Å². The summed E-state index contributed by atoms with van der Waals surface area (Å²) in [6.07, 6.45) is 2.65. The van der Waals surface area contributed by atoms with Gasteiger partial charge < -0.3 is 4.42 Å². The van der Waals surface area contributed by atoms with E-state index in [-0.39, 0.29) is 27.8 Å². The van der Waals surface area contributed by atoms with Crippen LogP contribution in [-0.2, 0) is 12.5 Å². The lowest BCUT2D eigenvalue weighted by atomic mass is 9.83. The second kappa shape index (κ2) is 7.02. The molecule has 0 amide bonds. The Labute approximate surface area is 219 Å². The summed E-state index contributed by atoms with van der Waals surface area (Å²) < 4.78 is 116. The zero-order valence-electron chi connectivity index (χ0n) is 32.0. The van der Waals surface area contributed by atoms with Crippen LogP contribution >= 0.6 is 0 Å². The van der Waals surface area contributed by atoms with Crippen molar-refractivity contribution in [2.75, 3.05) is 0 Å². The quantitative estimate of drug-likeness (QED) is 0.255. The zero-order chi connectivity index (χ0) is 34.9. The maximum atomic E-state index is 8.68. The van der Waals surface area contributed by atoms with E-state index in [0.717, 1.165) is 6.92 Å². The van der Waals surface area contributed by atoms with E-state index in [2.05, 4.69) is 4.98 Å². The van der Waals surface area contributed by atoms with Gasteiger partial charge in [-0.25, -0.2) is 4.57 Å². The Kier molecular flexibility index (Phi) is 2.34. The van der Waals surface area contributed by atoms with Gasteiger partial charge in [0.1, 0.15) is 12.6 Å². The van der Waals surface area contributed by atoms with Crippen LogP contribution in [0.2, 0.25) is 0 Å². The second-order valence-corrected chi connectivity index (χ2v) is 8.98. The molecule has 0 aliphatic heterocycles. The van der Waals surface area contributed by atoms with Gasteiger partial charge in [-0.2, -0.15) is 0 Å². The number of fused-ring (bicyclic) bond motifs is 7. The fraction of sp³-hybridized carbons (Fsp3) is 0.290. The van der Waals surface area contributed by atoms with Crippen molar-refractivity contribution in [1.29, 1.82) is 0 Å². The molecule has 0 fully saturated rings. The maximum absolute atomic E-state index is 8.68. The Morgan fingerprint density at radius 2 is 1.91 bits per heavy atom. The minimum atomic E-state index is -2.98. The van der Waals surface area contributed by atoms with E-state index in [4.69, 9.17) is 22.2 Å². The molecule has 2 aromatic carbocycles. The van der Waals surface area contributed by atoms with Gasteiger partial charge in [0.05, 0.1) is 5.56 Å². The number of hydrogen-bond acceptors (Lipinski definition) is 2. The highest BCUT2D eigenvalue weighted by molar-refractivity contribution is 6.12. The van der Waals surface area contributed by atoms with E-state index in [1.165, 1.54) is 24.5 Å². The first-order valence-electron chi connectivity index (χ1n) is 17.5. The zero-order valence-corrected chi connectivity index (χ0v) is 19.0. The summed E-state index contributed by atoms with van der Waals surface area (Å²) in [4.78, 5) is 4.59.